The van der Waals surface area contributed by atoms with Crippen LogP contribution in [0, 0.1) is 0 Å². The van der Waals surface area contributed by atoms with Crippen LogP contribution >= 0.6 is 0 Å². The molecule has 4 rings (SSSR count). The summed E-state index contributed by atoms with van der Waals surface area (Å²) in [5.74, 6) is -0.516. The van der Waals surface area contributed by atoms with Gasteiger partial charge in [0.1, 0.15) is 22.8 Å². The normalized spacial score (nSPS) is 11.4. The van der Waals surface area contributed by atoms with E-state index in [1.807, 2.05) is 70.3 Å². The lowest BCUT2D eigenvalue weighted by atomic mass is 10.1. The SMILES string of the molecule is CC(C)Oc1ccc(-c2nc3cc(-c4ccccc4)cnc3[nH]2)c(OC(C)C)c1.O=C(O)C(F)(F)F. The highest BCUT2D eigenvalue weighted by Gasteiger charge is 2.38. The number of ether oxygens (including phenoxy) is 2. The maximum atomic E-state index is 10.6. The van der Waals surface area contributed by atoms with E-state index in [0.29, 0.717) is 0 Å². The molecule has 36 heavy (non-hydrogen) atoms. The first-order valence-electron chi connectivity index (χ1n) is 11.1. The third kappa shape index (κ3) is 6.97. The number of aromatic amines is 1. The summed E-state index contributed by atoms with van der Waals surface area (Å²) in [6, 6.07) is 18.1. The van der Waals surface area contributed by atoms with E-state index < -0.39 is 12.1 Å². The fourth-order valence-corrected chi connectivity index (χ4v) is 3.21. The molecule has 0 atom stereocenters. The number of H-pyrrole nitrogens is 1. The van der Waals surface area contributed by atoms with E-state index in [-0.39, 0.29) is 12.2 Å². The molecule has 190 valence electrons. The number of pyridine rings is 1. The summed E-state index contributed by atoms with van der Waals surface area (Å²) in [5, 5.41) is 7.12. The summed E-state index contributed by atoms with van der Waals surface area (Å²) in [5.41, 5.74) is 4.60. The lowest BCUT2D eigenvalue weighted by Gasteiger charge is -2.16. The first kappa shape index (κ1) is 26.5. The molecule has 0 amide bonds. The minimum atomic E-state index is -5.08. The first-order chi connectivity index (χ1) is 16.9. The van der Waals surface area contributed by atoms with Gasteiger partial charge in [0.15, 0.2) is 5.65 Å². The third-order valence-corrected chi connectivity index (χ3v) is 4.63. The van der Waals surface area contributed by atoms with Crippen LogP contribution in [-0.2, 0) is 4.79 Å². The molecule has 0 saturated carbocycles. The summed E-state index contributed by atoms with van der Waals surface area (Å²) < 4.78 is 43.6. The van der Waals surface area contributed by atoms with Gasteiger partial charge in [-0.1, -0.05) is 30.3 Å². The van der Waals surface area contributed by atoms with E-state index >= 15 is 0 Å². The van der Waals surface area contributed by atoms with Crippen LogP contribution in [0.5, 0.6) is 11.5 Å². The monoisotopic (exact) mass is 501 g/mol. The number of benzene rings is 2. The molecular weight excluding hydrogens is 475 g/mol. The van der Waals surface area contributed by atoms with Gasteiger partial charge in [0.2, 0.25) is 0 Å². The number of nitrogens with zero attached hydrogens (tertiary/aromatic N) is 2. The van der Waals surface area contributed by atoms with Gasteiger partial charge in [-0.3, -0.25) is 0 Å². The van der Waals surface area contributed by atoms with Crippen molar-refractivity contribution in [3.63, 3.8) is 0 Å². The minimum Gasteiger partial charge on any atom is -0.491 e. The molecule has 7 nitrogen and oxygen atoms in total. The molecule has 0 fully saturated rings. The van der Waals surface area contributed by atoms with E-state index in [4.69, 9.17) is 24.4 Å². The summed E-state index contributed by atoms with van der Waals surface area (Å²) in [6.45, 7) is 8.02. The van der Waals surface area contributed by atoms with Crippen LogP contribution in [0.25, 0.3) is 33.7 Å². The van der Waals surface area contributed by atoms with Crippen molar-refractivity contribution in [1.29, 1.82) is 0 Å². The third-order valence-electron chi connectivity index (χ3n) is 4.63. The number of aliphatic carboxylic acids is 1. The number of aromatic nitrogens is 3. The number of hydrogen-bond donors (Lipinski definition) is 2. The topological polar surface area (TPSA) is 97.3 Å². The zero-order valence-electron chi connectivity index (χ0n) is 20.1. The molecule has 0 saturated heterocycles. The Morgan fingerprint density at radius 1 is 0.944 bits per heavy atom. The van der Waals surface area contributed by atoms with Crippen LogP contribution in [-0.4, -0.2) is 44.4 Å². The summed E-state index contributed by atoms with van der Waals surface area (Å²) in [6.07, 6.45) is -3.08. The van der Waals surface area contributed by atoms with Crippen molar-refractivity contribution in [2.45, 2.75) is 46.1 Å². The molecule has 0 unspecified atom stereocenters. The number of hydrogen-bond acceptors (Lipinski definition) is 5. The van der Waals surface area contributed by atoms with Gasteiger partial charge in [-0.05, 0) is 51.5 Å². The highest BCUT2D eigenvalue weighted by atomic mass is 19.4. The second-order valence-corrected chi connectivity index (χ2v) is 8.34. The van der Waals surface area contributed by atoms with Gasteiger partial charge in [0.25, 0.3) is 0 Å². The van der Waals surface area contributed by atoms with Crippen LogP contribution in [0.2, 0.25) is 0 Å². The largest absolute Gasteiger partial charge is 0.491 e. The molecule has 2 aromatic carbocycles. The second kappa shape index (κ2) is 11.1. The standard InChI is InChI=1S/C24H25N3O2.C2HF3O2/c1-15(2)28-19-10-11-20(22(13-19)29-16(3)4)23-26-21-12-18(14-25-24(21)27-23)17-8-6-5-7-9-17;3-2(4,5)1(6)7/h5-16H,1-4H3,(H,25,26,27);(H,6,7). The van der Waals surface area contributed by atoms with Gasteiger partial charge in [-0.25, -0.2) is 14.8 Å². The number of alkyl halides is 3. The lowest BCUT2D eigenvalue weighted by molar-refractivity contribution is -0.192. The quantitative estimate of drug-likeness (QED) is 0.313. The average molecular weight is 502 g/mol. The molecule has 0 spiro atoms. The highest BCUT2D eigenvalue weighted by Crippen LogP contribution is 2.34. The predicted octanol–water partition coefficient (Wildman–Crippen LogP) is 6.50. The Kier molecular flexibility index (Phi) is 8.18. The Bertz CT molecular complexity index is 1320. The minimum absolute atomic E-state index is 0.0373. The molecular formula is C26H26F3N3O4. The predicted molar refractivity (Wildman–Crippen MR) is 130 cm³/mol. The van der Waals surface area contributed by atoms with Crippen molar-refractivity contribution in [2.75, 3.05) is 0 Å². The average Bonchev–Trinajstić information content (AvgIpc) is 3.22. The zero-order chi connectivity index (χ0) is 26.5. The summed E-state index contributed by atoms with van der Waals surface area (Å²) in [7, 11) is 0. The number of carbonyl (C=O) groups is 1. The number of imidazole rings is 1. The number of nitrogens with one attached hydrogen (secondary N) is 1. The summed E-state index contributed by atoms with van der Waals surface area (Å²) in [4.78, 5) is 21.6. The highest BCUT2D eigenvalue weighted by molar-refractivity contribution is 5.82. The number of carboxylic acid groups (broad SMARTS) is 1. The van der Waals surface area contributed by atoms with Crippen LogP contribution < -0.4 is 9.47 Å². The number of halogens is 3. The molecule has 2 aromatic heterocycles. The zero-order valence-corrected chi connectivity index (χ0v) is 20.1. The van der Waals surface area contributed by atoms with Crippen molar-refractivity contribution in [3.8, 4) is 34.0 Å². The van der Waals surface area contributed by atoms with Gasteiger partial charge in [-0.15, -0.1) is 0 Å². The maximum Gasteiger partial charge on any atom is 0.490 e. The lowest BCUT2D eigenvalue weighted by Crippen LogP contribution is -2.21. The van der Waals surface area contributed by atoms with Crippen LogP contribution in [0.1, 0.15) is 27.7 Å². The fourth-order valence-electron chi connectivity index (χ4n) is 3.21. The maximum absolute atomic E-state index is 10.6. The number of fused-ring (bicyclic) bond motifs is 1. The molecule has 0 aliphatic rings. The van der Waals surface area contributed by atoms with Crippen LogP contribution in [0.15, 0.2) is 60.8 Å². The van der Waals surface area contributed by atoms with E-state index in [0.717, 1.165) is 45.2 Å². The number of carboxylic acids is 1. The van der Waals surface area contributed by atoms with E-state index in [1.165, 1.54) is 0 Å². The molecule has 0 aliphatic carbocycles. The van der Waals surface area contributed by atoms with E-state index in [9.17, 15) is 13.2 Å². The van der Waals surface area contributed by atoms with Gasteiger partial charge in [0, 0.05) is 17.8 Å². The molecule has 0 radical (unpaired) electrons. The molecule has 2 N–H and O–H groups in total. The van der Waals surface area contributed by atoms with Crippen molar-refractivity contribution in [3.05, 3.63) is 60.8 Å². The Labute approximate surface area is 205 Å². The van der Waals surface area contributed by atoms with Crippen LogP contribution in [0.3, 0.4) is 0 Å². The summed E-state index contributed by atoms with van der Waals surface area (Å²) >= 11 is 0. The van der Waals surface area contributed by atoms with Gasteiger partial charge in [-0.2, -0.15) is 13.2 Å². The number of rotatable bonds is 6. The smallest absolute Gasteiger partial charge is 0.490 e. The fraction of sp³-hybridized carbons (Fsp3) is 0.269. The Balaban J connectivity index is 0.000000454. The van der Waals surface area contributed by atoms with Crippen molar-refractivity contribution < 1.29 is 32.5 Å². The van der Waals surface area contributed by atoms with E-state index in [2.05, 4.69) is 28.2 Å². The first-order valence-corrected chi connectivity index (χ1v) is 11.1. The van der Waals surface area contributed by atoms with Crippen molar-refractivity contribution >= 4 is 17.1 Å². The Morgan fingerprint density at radius 3 is 2.17 bits per heavy atom. The van der Waals surface area contributed by atoms with Crippen molar-refractivity contribution in [1.82, 2.24) is 15.0 Å². The molecule has 4 aromatic rings. The van der Waals surface area contributed by atoms with Crippen LogP contribution in [0.4, 0.5) is 13.2 Å². The van der Waals surface area contributed by atoms with E-state index in [1.54, 1.807) is 0 Å². The molecule has 0 bridgehead atoms. The van der Waals surface area contributed by atoms with Gasteiger partial charge in [0.05, 0.1) is 17.8 Å². The van der Waals surface area contributed by atoms with Crippen molar-refractivity contribution in [2.24, 2.45) is 0 Å². The molecule has 0 aliphatic heterocycles. The van der Waals surface area contributed by atoms with Gasteiger partial charge >= 0.3 is 12.1 Å². The Morgan fingerprint density at radius 2 is 1.58 bits per heavy atom. The van der Waals surface area contributed by atoms with Gasteiger partial charge < -0.3 is 19.6 Å². The molecule has 10 heteroatoms. The second-order valence-electron chi connectivity index (χ2n) is 8.34. The molecule has 2 heterocycles. The Hall–Kier alpha value is -4.08.